The average Bonchev–Trinajstić information content (AvgIpc) is 3.28. The second kappa shape index (κ2) is 8.66. The molecule has 1 aliphatic heterocycles. The minimum atomic E-state index is -0.472. The molecule has 8 nitrogen and oxygen atoms in total. The number of nitrogens with zero attached hydrogens (tertiary/aromatic N) is 3. The Morgan fingerprint density at radius 1 is 1.23 bits per heavy atom. The van der Waals surface area contributed by atoms with Gasteiger partial charge in [-0.3, -0.25) is 20.0 Å². The molecule has 4 rings (SSSR count). The topological polar surface area (TPSA) is 101 Å². The number of amides is 1. The molecule has 1 atom stereocenters. The Kier molecular flexibility index (Phi) is 5.95. The molecule has 0 spiro atoms. The van der Waals surface area contributed by atoms with Gasteiger partial charge in [0.25, 0.3) is 11.6 Å². The molecular weight excluding hydrogens is 443 g/mol. The number of benzene rings is 2. The van der Waals surface area contributed by atoms with E-state index in [1.165, 1.54) is 12.1 Å². The van der Waals surface area contributed by atoms with Crippen LogP contribution in [0.1, 0.15) is 34.1 Å². The standard InChI is InChI=1S/C21H18Cl2N4O4/c1-31-10-2-9-26-20(12-3-6-14(7-4-12)27(29)30)17-18(24-25-19(17)21(26)28)15-8-5-13(22)11-16(15)23/h3-8,11,20H,2,9-10H2,1H3,(H,24,25). The van der Waals surface area contributed by atoms with Crippen molar-refractivity contribution in [3.05, 3.63) is 79.4 Å². The van der Waals surface area contributed by atoms with E-state index in [0.29, 0.717) is 52.1 Å². The molecule has 1 N–H and O–H groups in total. The Morgan fingerprint density at radius 3 is 2.61 bits per heavy atom. The Labute approximate surface area is 187 Å². The van der Waals surface area contributed by atoms with E-state index in [1.807, 2.05) is 0 Å². The van der Waals surface area contributed by atoms with E-state index < -0.39 is 11.0 Å². The lowest BCUT2D eigenvalue weighted by Gasteiger charge is -2.26. The number of fused-ring (bicyclic) bond motifs is 1. The Morgan fingerprint density at radius 2 is 1.97 bits per heavy atom. The van der Waals surface area contributed by atoms with Crippen LogP contribution < -0.4 is 0 Å². The smallest absolute Gasteiger partial charge is 0.273 e. The first-order chi connectivity index (χ1) is 14.9. The van der Waals surface area contributed by atoms with Crippen molar-refractivity contribution in [1.82, 2.24) is 15.1 Å². The minimum Gasteiger partial charge on any atom is -0.385 e. The highest BCUT2D eigenvalue weighted by molar-refractivity contribution is 6.36. The number of carbonyl (C=O) groups excluding carboxylic acids is 1. The molecule has 1 unspecified atom stereocenters. The number of halogens is 2. The molecule has 0 aliphatic carbocycles. The highest BCUT2D eigenvalue weighted by atomic mass is 35.5. The van der Waals surface area contributed by atoms with Crippen LogP contribution in [0.25, 0.3) is 11.3 Å². The zero-order valence-corrected chi connectivity index (χ0v) is 18.0. The number of non-ortho nitro benzene ring substituents is 1. The van der Waals surface area contributed by atoms with Gasteiger partial charge in [-0.2, -0.15) is 5.10 Å². The summed E-state index contributed by atoms with van der Waals surface area (Å²) < 4.78 is 5.14. The summed E-state index contributed by atoms with van der Waals surface area (Å²) in [6.45, 7) is 0.948. The number of hydrogen-bond donors (Lipinski definition) is 1. The van der Waals surface area contributed by atoms with Gasteiger partial charge in [-0.25, -0.2) is 0 Å². The molecule has 1 aromatic heterocycles. The Bertz CT molecular complexity index is 1150. The van der Waals surface area contributed by atoms with Crippen LogP contribution in [-0.2, 0) is 4.74 Å². The first-order valence-corrected chi connectivity index (χ1v) is 10.3. The van der Waals surface area contributed by atoms with Gasteiger partial charge in [-0.15, -0.1) is 0 Å². The normalized spacial score (nSPS) is 15.4. The number of methoxy groups -OCH3 is 1. The highest BCUT2D eigenvalue weighted by Gasteiger charge is 2.42. The number of hydrogen-bond acceptors (Lipinski definition) is 5. The molecule has 0 radical (unpaired) electrons. The van der Waals surface area contributed by atoms with Gasteiger partial charge in [0.15, 0.2) is 0 Å². The highest BCUT2D eigenvalue weighted by Crippen LogP contribution is 2.44. The van der Waals surface area contributed by atoms with Crippen LogP contribution in [0.4, 0.5) is 5.69 Å². The van der Waals surface area contributed by atoms with Crippen LogP contribution in [0.15, 0.2) is 42.5 Å². The zero-order chi connectivity index (χ0) is 22.1. The van der Waals surface area contributed by atoms with E-state index in [1.54, 1.807) is 42.3 Å². The van der Waals surface area contributed by atoms with E-state index in [-0.39, 0.29) is 11.6 Å². The molecule has 0 saturated carbocycles. The van der Waals surface area contributed by atoms with Gasteiger partial charge < -0.3 is 9.64 Å². The second-order valence-corrected chi connectivity index (χ2v) is 7.92. The fraction of sp³-hybridized carbons (Fsp3) is 0.238. The summed E-state index contributed by atoms with van der Waals surface area (Å²) in [4.78, 5) is 25.5. The fourth-order valence-corrected chi connectivity index (χ4v) is 4.32. The van der Waals surface area contributed by atoms with Gasteiger partial charge in [0.2, 0.25) is 0 Å². The predicted octanol–water partition coefficient (Wildman–Crippen LogP) is 4.87. The maximum Gasteiger partial charge on any atom is 0.273 e. The van der Waals surface area contributed by atoms with Crippen molar-refractivity contribution in [2.45, 2.75) is 12.5 Å². The monoisotopic (exact) mass is 460 g/mol. The molecule has 0 fully saturated rings. The fourth-order valence-electron chi connectivity index (χ4n) is 3.82. The predicted molar refractivity (Wildman–Crippen MR) is 117 cm³/mol. The first kappa shape index (κ1) is 21.3. The van der Waals surface area contributed by atoms with E-state index in [9.17, 15) is 14.9 Å². The number of H-pyrrole nitrogens is 1. The molecule has 0 saturated heterocycles. The third-order valence-corrected chi connectivity index (χ3v) is 5.76. The number of ether oxygens (including phenoxy) is 1. The molecule has 0 bridgehead atoms. The second-order valence-electron chi connectivity index (χ2n) is 7.08. The van der Waals surface area contributed by atoms with Crippen LogP contribution in [0, 0.1) is 10.1 Å². The number of nitro groups is 1. The SMILES string of the molecule is COCCCN1C(=O)c2[nH]nc(-c3ccc(Cl)cc3Cl)c2C1c1ccc([N+](=O)[O-])cc1. The summed E-state index contributed by atoms with van der Waals surface area (Å²) in [5.74, 6) is -0.196. The summed E-state index contributed by atoms with van der Waals surface area (Å²) >= 11 is 12.5. The van der Waals surface area contributed by atoms with Crippen LogP contribution in [0.2, 0.25) is 10.0 Å². The average molecular weight is 461 g/mol. The zero-order valence-electron chi connectivity index (χ0n) is 16.5. The third kappa shape index (κ3) is 3.89. The molecule has 2 heterocycles. The van der Waals surface area contributed by atoms with Crippen LogP contribution >= 0.6 is 23.2 Å². The van der Waals surface area contributed by atoms with Gasteiger partial charge in [0.05, 0.1) is 16.0 Å². The van der Waals surface area contributed by atoms with Crippen LogP contribution in [0.3, 0.4) is 0 Å². The van der Waals surface area contributed by atoms with Crippen LogP contribution in [0.5, 0.6) is 0 Å². The quantitative estimate of drug-likeness (QED) is 0.307. The number of aromatic nitrogens is 2. The molecule has 31 heavy (non-hydrogen) atoms. The minimum absolute atomic E-state index is 0.0209. The lowest BCUT2D eigenvalue weighted by molar-refractivity contribution is -0.384. The van der Waals surface area contributed by atoms with Crippen LogP contribution in [-0.4, -0.2) is 46.2 Å². The van der Waals surface area contributed by atoms with E-state index in [4.69, 9.17) is 27.9 Å². The summed E-state index contributed by atoms with van der Waals surface area (Å²) in [6.07, 6.45) is 0.639. The van der Waals surface area contributed by atoms with Gasteiger partial charge in [0, 0.05) is 48.5 Å². The van der Waals surface area contributed by atoms with Crippen molar-refractivity contribution >= 4 is 34.8 Å². The van der Waals surface area contributed by atoms with Crippen molar-refractivity contribution in [2.24, 2.45) is 0 Å². The van der Waals surface area contributed by atoms with Crippen molar-refractivity contribution in [3.63, 3.8) is 0 Å². The van der Waals surface area contributed by atoms with Gasteiger partial charge in [0.1, 0.15) is 11.4 Å². The number of aromatic amines is 1. The molecule has 2 aromatic carbocycles. The van der Waals surface area contributed by atoms with Crippen molar-refractivity contribution in [2.75, 3.05) is 20.3 Å². The molecule has 1 amide bonds. The van der Waals surface area contributed by atoms with E-state index in [0.717, 1.165) is 5.56 Å². The lowest BCUT2D eigenvalue weighted by Crippen LogP contribution is -2.31. The Hall–Kier alpha value is -2.94. The summed E-state index contributed by atoms with van der Waals surface area (Å²) in [7, 11) is 1.60. The molecule has 1 aliphatic rings. The summed E-state index contributed by atoms with van der Waals surface area (Å²) in [6, 6.07) is 10.8. The maximum absolute atomic E-state index is 13.2. The maximum atomic E-state index is 13.2. The van der Waals surface area contributed by atoms with Gasteiger partial charge >= 0.3 is 0 Å². The third-order valence-electron chi connectivity index (χ3n) is 5.22. The van der Waals surface area contributed by atoms with Gasteiger partial charge in [-0.05, 0) is 42.3 Å². The molecule has 10 heteroatoms. The molecule has 160 valence electrons. The van der Waals surface area contributed by atoms with Crippen molar-refractivity contribution in [3.8, 4) is 11.3 Å². The Balaban J connectivity index is 1.83. The summed E-state index contributed by atoms with van der Waals surface area (Å²) in [5.41, 5.74) is 2.96. The number of nitrogens with one attached hydrogen (secondary N) is 1. The largest absolute Gasteiger partial charge is 0.385 e. The molecule has 3 aromatic rings. The number of carbonyl (C=O) groups is 1. The van der Waals surface area contributed by atoms with Crippen molar-refractivity contribution in [1.29, 1.82) is 0 Å². The van der Waals surface area contributed by atoms with Crippen molar-refractivity contribution < 1.29 is 14.5 Å². The summed E-state index contributed by atoms with van der Waals surface area (Å²) in [5, 5.41) is 19.2. The lowest BCUT2D eigenvalue weighted by atomic mass is 9.96. The van der Waals surface area contributed by atoms with E-state index >= 15 is 0 Å². The molecular formula is C21H18Cl2N4O4. The van der Waals surface area contributed by atoms with Gasteiger partial charge in [-0.1, -0.05) is 23.2 Å². The number of nitro benzene ring substituents is 1. The number of rotatable bonds is 7. The van der Waals surface area contributed by atoms with E-state index in [2.05, 4.69) is 10.2 Å². The first-order valence-electron chi connectivity index (χ1n) is 9.50.